The van der Waals surface area contributed by atoms with Crippen molar-refractivity contribution in [3.63, 3.8) is 0 Å². The average Bonchev–Trinajstić information content (AvgIpc) is 1.94. The highest BCUT2D eigenvalue weighted by atomic mass is 16.4. The van der Waals surface area contributed by atoms with Crippen LogP contribution in [0.15, 0.2) is 11.6 Å². The predicted molar refractivity (Wildman–Crippen MR) is 54.7 cm³/mol. The second-order valence-electron chi connectivity index (χ2n) is 4.32. The first-order chi connectivity index (χ1) is 5.89. The van der Waals surface area contributed by atoms with Gasteiger partial charge in [-0.1, -0.05) is 46.6 Å². The molecule has 13 heavy (non-hydrogen) atoms. The number of rotatable bonds is 4. The van der Waals surface area contributed by atoms with Crippen LogP contribution in [0.25, 0.3) is 0 Å². The molecule has 0 saturated carbocycles. The second-order valence-corrected chi connectivity index (χ2v) is 4.32. The summed E-state index contributed by atoms with van der Waals surface area (Å²) in [4.78, 5) is 10.9. The average molecular weight is 184 g/mol. The molecule has 0 atom stereocenters. The maximum Gasteiger partial charge on any atom is 0.331 e. The molecule has 0 radical (unpaired) electrons. The van der Waals surface area contributed by atoms with E-state index in [2.05, 4.69) is 6.92 Å². The largest absolute Gasteiger partial charge is 0.478 e. The van der Waals surface area contributed by atoms with Gasteiger partial charge in [-0.2, -0.15) is 0 Å². The molecular formula is C11H20O2. The standard InChI is InChI=1S/C11H20O2/c1-5-6-7-8-9(10(12)13)11(2,3)4/h8H,5-7H2,1-4H3,(H,12,13). The molecule has 1 N–H and O–H groups in total. The van der Waals surface area contributed by atoms with E-state index in [0.29, 0.717) is 5.57 Å². The van der Waals surface area contributed by atoms with Gasteiger partial charge in [0.05, 0.1) is 0 Å². The maximum absolute atomic E-state index is 10.9. The molecule has 0 saturated heterocycles. The van der Waals surface area contributed by atoms with Gasteiger partial charge in [0.25, 0.3) is 0 Å². The number of carbonyl (C=O) groups is 1. The summed E-state index contributed by atoms with van der Waals surface area (Å²) >= 11 is 0. The van der Waals surface area contributed by atoms with Crippen LogP contribution >= 0.6 is 0 Å². The first kappa shape index (κ1) is 12.2. The highest BCUT2D eigenvalue weighted by molar-refractivity contribution is 5.87. The summed E-state index contributed by atoms with van der Waals surface area (Å²) < 4.78 is 0. The van der Waals surface area contributed by atoms with Crippen LogP contribution in [-0.2, 0) is 4.79 Å². The Labute approximate surface area is 80.7 Å². The van der Waals surface area contributed by atoms with Gasteiger partial charge in [0.1, 0.15) is 0 Å². The van der Waals surface area contributed by atoms with E-state index in [1.165, 1.54) is 0 Å². The van der Waals surface area contributed by atoms with Gasteiger partial charge >= 0.3 is 5.97 Å². The summed E-state index contributed by atoms with van der Waals surface area (Å²) in [6.45, 7) is 7.89. The SMILES string of the molecule is CCCCC=C(C(=O)O)C(C)(C)C. The second kappa shape index (κ2) is 5.05. The van der Waals surface area contributed by atoms with Gasteiger partial charge in [0, 0.05) is 5.57 Å². The first-order valence-corrected chi connectivity index (χ1v) is 4.83. The van der Waals surface area contributed by atoms with Gasteiger partial charge in [-0.05, 0) is 11.8 Å². The normalized spacial score (nSPS) is 13.1. The van der Waals surface area contributed by atoms with Crippen molar-refractivity contribution >= 4 is 5.97 Å². The van der Waals surface area contributed by atoms with E-state index < -0.39 is 5.97 Å². The third kappa shape index (κ3) is 4.71. The molecule has 0 aliphatic heterocycles. The zero-order chi connectivity index (χ0) is 10.5. The van der Waals surface area contributed by atoms with Crippen molar-refractivity contribution < 1.29 is 9.90 Å². The molecule has 0 aromatic rings. The fraction of sp³-hybridized carbons (Fsp3) is 0.727. The number of aliphatic carboxylic acids is 1. The van der Waals surface area contributed by atoms with Crippen molar-refractivity contribution in [2.45, 2.75) is 47.0 Å². The van der Waals surface area contributed by atoms with Gasteiger partial charge in [0.2, 0.25) is 0 Å². The molecule has 2 nitrogen and oxygen atoms in total. The minimum atomic E-state index is -0.788. The maximum atomic E-state index is 10.9. The summed E-state index contributed by atoms with van der Waals surface area (Å²) in [6.07, 6.45) is 4.89. The number of unbranched alkanes of at least 4 members (excludes halogenated alkanes) is 2. The molecule has 0 unspecified atom stereocenters. The minimum Gasteiger partial charge on any atom is -0.478 e. The van der Waals surface area contributed by atoms with Crippen molar-refractivity contribution in [3.8, 4) is 0 Å². The number of hydrogen-bond acceptors (Lipinski definition) is 1. The number of allylic oxidation sites excluding steroid dienone is 1. The minimum absolute atomic E-state index is 0.250. The summed E-state index contributed by atoms with van der Waals surface area (Å²) in [6, 6.07) is 0. The molecule has 0 amide bonds. The molecule has 0 aliphatic carbocycles. The Morgan fingerprint density at radius 1 is 1.38 bits per heavy atom. The third-order valence-electron chi connectivity index (χ3n) is 1.94. The van der Waals surface area contributed by atoms with E-state index >= 15 is 0 Å². The summed E-state index contributed by atoms with van der Waals surface area (Å²) in [5.41, 5.74) is 0.278. The van der Waals surface area contributed by atoms with Crippen molar-refractivity contribution in [2.75, 3.05) is 0 Å². The van der Waals surface area contributed by atoms with Gasteiger partial charge in [-0.25, -0.2) is 4.79 Å². The lowest BCUT2D eigenvalue weighted by Gasteiger charge is -2.19. The topological polar surface area (TPSA) is 37.3 Å². The summed E-state index contributed by atoms with van der Waals surface area (Å²) in [5, 5.41) is 8.94. The van der Waals surface area contributed by atoms with Crippen LogP contribution in [-0.4, -0.2) is 11.1 Å². The number of carboxylic acid groups (broad SMARTS) is 1. The van der Waals surface area contributed by atoms with E-state index in [-0.39, 0.29) is 5.41 Å². The monoisotopic (exact) mass is 184 g/mol. The van der Waals surface area contributed by atoms with Crippen LogP contribution in [0.1, 0.15) is 47.0 Å². The van der Waals surface area contributed by atoms with Crippen LogP contribution in [0.2, 0.25) is 0 Å². The molecule has 0 bridgehead atoms. The number of hydrogen-bond donors (Lipinski definition) is 1. The Morgan fingerprint density at radius 2 is 1.92 bits per heavy atom. The first-order valence-electron chi connectivity index (χ1n) is 4.83. The van der Waals surface area contributed by atoms with E-state index in [0.717, 1.165) is 19.3 Å². The fourth-order valence-corrected chi connectivity index (χ4v) is 1.16. The Bertz CT molecular complexity index is 197. The third-order valence-corrected chi connectivity index (χ3v) is 1.94. The zero-order valence-electron chi connectivity index (χ0n) is 9.05. The lowest BCUT2D eigenvalue weighted by Crippen LogP contribution is -2.17. The molecule has 0 aliphatic rings. The summed E-state index contributed by atoms with van der Waals surface area (Å²) in [5.74, 6) is -0.788. The highest BCUT2D eigenvalue weighted by Gasteiger charge is 2.22. The molecule has 0 rings (SSSR count). The lowest BCUT2D eigenvalue weighted by molar-refractivity contribution is -0.133. The van der Waals surface area contributed by atoms with Crippen molar-refractivity contribution in [1.29, 1.82) is 0 Å². The quantitative estimate of drug-likeness (QED) is 0.538. The van der Waals surface area contributed by atoms with E-state index in [4.69, 9.17) is 5.11 Å². The van der Waals surface area contributed by atoms with Crippen LogP contribution in [0.4, 0.5) is 0 Å². The summed E-state index contributed by atoms with van der Waals surface area (Å²) in [7, 11) is 0. The van der Waals surface area contributed by atoms with Gasteiger partial charge in [0.15, 0.2) is 0 Å². The van der Waals surface area contributed by atoms with Gasteiger partial charge in [-0.15, -0.1) is 0 Å². The molecule has 0 fully saturated rings. The Morgan fingerprint density at radius 3 is 2.23 bits per heavy atom. The number of carboxylic acids is 1. The zero-order valence-corrected chi connectivity index (χ0v) is 9.05. The van der Waals surface area contributed by atoms with Gasteiger partial charge < -0.3 is 5.11 Å². The smallest absolute Gasteiger partial charge is 0.331 e. The van der Waals surface area contributed by atoms with Crippen LogP contribution in [0.3, 0.4) is 0 Å². The van der Waals surface area contributed by atoms with Gasteiger partial charge in [-0.3, -0.25) is 0 Å². The lowest BCUT2D eigenvalue weighted by atomic mass is 9.85. The molecule has 0 spiro atoms. The van der Waals surface area contributed by atoms with E-state index in [9.17, 15) is 4.79 Å². The van der Waals surface area contributed by atoms with E-state index in [1.807, 2.05) is 26.8 Å². The van der Waals surface area contributed by atoms with Crippen LogP contribution < -0.4 is 0 Å². The molecule has 0 heterocycles. The Hall–Kier alpha value is -0.790. The predicted octanol–water partition coefficient (Wildman–Crippen LogP) is 3.23. The van der Waals surface area contributed by atoms with Crippen molar-refractivity contribution in [2.24, 2.45) is 5.41 Å². The Kier molecular flexibility index (Phi) is 4.74. The van der Waals surface area contributed by atoms with Crippen LogP contribution in [0, 0.1) is 5.41 Å². The van der Waals surface area contributed by atoms with Crippen molar-refractivity contribution in [3.05, 3.63) is 11.6 Å². The van der Waals surface area contributed by atoms with E-state index in [1.54, 1.807) is 0 Å². The Balaban J connectivity index is 4.43. The van der Waals surface area contributed by atoms with Crippen molar-refractivity contribution in [1.82, 2.24) is 0 Å². The molecule has 0 aromatic heterocycles. The molecule has 76 valence electrons. The highest BCUT2D eigenvalue weighted by Crippen LogP contribution is 2.25. The molecule has 2 heteroatoms. The molecule has 0 aromatic carbocycles. The molecular weight excluding hydrogens is 164 g/mol. The van der Waals surface area contributed by atoms with Crippen LogP contribution in [0.5, 0.6) is 0 Å². The fourth-order valence-electron chi connectivity index (χ4n) is 1.16.